The molecule has 0 unspecified atom stereocenters. The van der Waals surface area contributed by atoms with Crippen LogP contribution in [0.4, 0.5) is 0 Å². The molecule has 1 heterocycles. The summed E-state index contributed by atoms with van der Waals surface area (Å²) in [5, 5.41) is 7.81. The largest absolute Gasteiger partial charge is 0.308 e. The van der Waals surface area contributed by atoms with E-state index in [1.54, 1.807) is 0 Å². The first-order chi connectivity index (χ1) is 7.51. The molecule has 1 aromatic rings. The van der Waals surface area contributed by atoms with Crippen LogP contribution < -0.4 is 5.32 Å². The van der Waals surface area contributed by atoms with Gasteiger partial charge in [0.1, 0.15) is 0 Å². The summed E-state index contributed by atoms with van der Waals surface area (Å²) in [6.45, 7) is 10.6. The molecule has 0 saturated heterocycles. The number of hydrogen-bond acceptors (Lipinski definition) is 3. The van der Waals surface area contributed by atoms with Gasteiger partial charge in [0.2, 0.25) is 0 Å². The van der Waals surface area contributed by atoms with E-state index in [1.807, 2.05) is 22.6 Å². The Bertz CT molecular complexity index is 301. The zero-order valence-electron chi connectivity index (χ0n) is 10.8. The van der Waals surface area contributed by atoms with E-state index in [0.29, 0.717) is 0 Å². The van der Waals surface area contributed by atoms with Gasteiger partial charge in [-0.3, -0.25) is 4.68 Å². The minimum atomic E-state index is 0.167. The van der Waals surface area contributed by atoms with Crippen molar-refractivity contribution in [2.75, 3.05) is 11.5 Å². The van der Waals surface area contributed by atoms with Gasteiger partial charge in [-0.25, -0.2) is 0 Å². The summed E-state index contributed by atoms with van der Waals surface area (Å²) in [5.41, 5.74) is 1.43. The van der Waals surface area contributed by atoms with E-state index in [0.717, 1.165) is 18.8 Å². The zero-order chi connectivity index (χ0) is 12.0. The van der Waals surface area contributed by atoms with Crippen LogP contribution in [0.1, 0.15) is 33.3 Å². The van der Waals surface area contributed by atoms with E-state index in [2.05, 4.69) is 44.3 Å². The monoisotopic (exact) mass is 241 g/mol. The highest BCUT2D eigenvalue weighted by atomic mass is 32.2. The third-order valence-corrected chi connectivity index (χ3v) is 3.06. The van der Waals surface area contributed by atoms with Crippen molar-refractivity contribution in [1.29, 1.82) is 0 Å². The highest BCUT2D eigenvalue weighted by Gasteiger charge is 2.08. The van der Waals surface area contributed by atoms with E-state index in [4.69, 9.17) is 0 Å². The number of rotatable bonds is 6. The molecule has 1 aromatic heterocycles. The van der Waals surface area contributed by atoms with Gasteiger partial charge >= 0.3 is 0 Å². The summed E-state index contributed by atoms with van der Waals surface area (Å²) < 4.78 is 2.03. The molecule has 16 heavy (non-hydrogen) atoms. The summed E-state index contributed by atoms with van der Waals surface area (Å²) in [5.74, 6) is 2.32. The molecule has 0 radical (unpaired) electrons. The first-order valence-corrected chi connectivity index (χ1v) is 7.01. The number of thioether (sulfide) groups is 1. The van der Waals surface area contributed by atoms with E-state index >= 15 is 0 Å². The first-order valence-electron chi connectivity index (χ1n) is 5.85. The first kappa shape index (κ1) is 13.6. The molecule has 1 N–H and O–H groups in total. The second-order valence-corrected chi connectivity index (χ2v) is 6.31. The third kappa shape index (κ3) is 5.56. The molecule has 0 fully saturated rings. The number of hydrogen-bond donors (Lipinski definition) is 1. The molecule has 0 saturated carbocycles. The molecule has 4 heteroatoms. The van der Waals surface area contributed by atoms with E-state index in [9.17, 15) is 0 Å². The Labute approximate surface area is 103 Å². The van der Waals surface area contributed by atoms with Gasteiger partial charge in [-0.05, 0) is 26.5 Å². The normalized spacial score (nSPS) is 12.0. The number of nitrogens with zero attached hydrogens (tertiary/aromatic N) is 2. The van der Waals surface area contributed by atoms with Crippen LogP contribution in [0.15, 0.2) is 12.4 Å². The fraction of sp³-hybridized carbons (Fsp3) is 0.750. The molecule has 0 amide bonds. The van der Waals surface area contributed by atoms with Gasteiger partial charge in [-0.15, -0.1) is 0 Å². The second-order valence-electron chi connectivity index (χ2n) is 4.91. The lowest BCUT2D eigenvalue weighted by Crippen LogP contribution is -2.34. The van der Waals surface area contributed by atoms with Crippen LogP contribution in [-0.2, 0) is 13.1 Å². The molecule has 0 aromatic carbocycles. The summed E-state index contributed by atoms with van der Waals surface area (Å²) in [7, 11) is 0. The van der Waals surface area contributed by atoms with E-state index in [-0.39, 0.29) is 5.54 Å². The minimum absolute atomic E-state index is 0.167. The number of aromatic nitrogens is 2. The van der Waals surface area contributed by atoms with Crippen LogP contribution >= 0.6 is 11.8 Å². The van der Waals surface area contributed by atoms with Crippen molar-refractivity contribution in [2.24, 2.45) is 0 Å². The van der Waals surface area contributed by atoms with Crippen LogP contribution in [0.3, 0.4) is 0 Å². The summed E-state index contributed by atoms with van der Waals surface area (Å²) >= 11 is 1.95. The Morgan fingerprint density at radius 3 is 2.81 bits per heavy atom. The van der Waals surface area contributed by atoms with E-state index < -0.39 is 0 Å². The molecule has 0 aliphatic carbocycles. The molecule has 1 rings (SSSR count). The van der Waals surface area contributed by atoms with Gasteiger partial charge in [0.25, 0.3) is 0 Å². The van der Waals surface area contributed by atoms with Gasteiger partial charge in [0.05, 0.1) is 6.20 Å². The molecule has 0 aliphatic heterocycles. The lowest BCUT2D eigenvalue weighted by atomic mass is 10.1. The maximum atomic E-state index is 4.35. The minimum Gasteiger partial charge on any atom is -0.308 e. The Morgan fingerprint density at radius 2 is 2.19 bits per heavy atom. The molecular formula is C12H23N3S. The van der Waals surface area contributed by atoms with Crippen LogP contribution in [-0.4, -0.2) is 26.8 Å². The third-order valence-electron chi connectivity index (χ3n) is 2.18. The SMILES string of the molecule is CCSCCn1cc(CNC(C)(C)C)cn1. The van der Waals surface area contributed by atoms with Crippen molar-refractivity contribution < 1.29 is 0 Å². The average Bonchev–Trinajstić information content (AvgIpc) is 2.62. The lowest BCUT2D eigenvalue weighted by Gasteiger charge is -2.19. The predicted octanol–water partition coefficient (Wildman–Crippen LogP) is 2.52. The van der Waals surface area contributed by atoms with Gasteiger partial charge in [0, 0.05) is 36.1 Å². The summed E-state index contributed by atoms with van der Waals surface area (Å²) in [4.78, 5) is 0. The molecule has 0 aliphatic rings. The fourth-order valence-electron chi connectivity index (χ4n) is 1.29. The highest BCUT2D eigenvalue weighted by molar-refractivity contribution is 7.99. The van der Waals surface area contributed by atoms with Crippen molar-refractivity contribution in [3.8, 4) is 0 Å². The maximum absolute atomic E-state index is 4.35. The van der Waals surface area contributed by atoms with E-state index in [1.165, 1.54) is 11.3 Å². The topological polar surface area (TPSA) is 29.9 Å². The molecule has 3 nitrogen and oxygen atoms in total. The standard InChI is InChI=1S/C12H23N3S/c1-5-16-7-6-15-10-11(9-14-15)8-13-12(2,3)4/h9-10,13H,5-8H2,1-4H3. The van der Waals surface area contributed by atoms with Crippen molar-refractivity contribution >= 4 is 11.8 Å². The van der Waals surface area contributed by atoms with Gasteiger partial charge in [-0.2, -0.15) is 16.9 Å². The number of aryl methyl sites for hydroxylation is 1. The van der Waals surface area contributed by atoms with Crippen LogP contribution in [0, 0.1) is 0 Å². The average molecular weight is 241 g/mol. The highest BCUT2D eigenvalue weighted by Crippen LogP contribution is 2.05. The predicted molar refractivity (Wildman–Crippen MR) is 71.8 cm³/mol. The summed E-state index contributed by atoms with van der Waals surface area (Å²) in [6.07, 6.45) is 4.09. The maximum Gasteiger partial charge on any atom is 0.0534 e. The molecule has 0 atom stereocenters. The van der Waals surface area contributed by atoms with Gasteiger partial charge < -0.3 is 5.32 Å². The Hall–Kier alpha value is -0.480. The van der Waals surface area contributed by atoms with Crippen LogP contribution in [0.2, 0.25) is 0 Å². The van der Waals surface area contributed by atoms with Crippen LogP contribution in [0.25, 0.3) is 0 Å². The Kier molecular flexibility index (Phi) is 5.35. The van der Waals surface area contributed by atoms with Crippen molar-refractivity contribution in [3.05, 3.63) is 18.0 Å². The molecular weight excluding hydrogens is 218 g/mol. The molecule has 92 valence electrons. The second kappa shape index (κ2) is 6.30. The smallest absolute Gasteiger partial charge is 0.0534 e. The van der Waals surface area contributed by atoms with Crippen molar-refractivity contribution in [3.63, 3.8) is 0 Å². The molecule has 0 bridgehead atoms. The quantitative estimate of drug-likeness (QED) is 0.776. The number of nitrogens with one attached hydrogen (secondary N) is 1. The van der Waals surface area contributed by atoms with Gasteiger partial charge in [0.15, 0.2) is 0 Å². The Morgan fingerprint density at radius 1 is 1.44 bits per heavy atom. The lowest BCUT2D eigenvalue weighted by molar-refractivity contribution is 0.424. The van der Waals surface area contributed by atoms with Gasteiger partial charge in [-0.1, -0.05) is 6.92 Å². The Balaban J connectivity index is 2.33. The summed E-state index contributed by atoms with van der Waals surface area (Å²) in [6, 6.07) is 0. The van der Waals surface area contributed by atoms with Crippen molar-refractivity contribution in [2.45, 2.75) is 46.3 Å². The van der Waals surface area contributed by atoms with Crippen LogP contribution in [0.5, 0.6) is 0 Å². The molecule has 0 spiro atoms. The van der Waals surface area contributed by atoms with Crippen molar-refractivity contribution in [1.82, 2.24) is 15.1 Å². The zero-order valence-corrected chi connectivity index (χ0v) is 11.6. The fourth-order valence-corrected chi connectivity index (χ4v) is 1.89.